The molecule has 39 heavy (non-hydrogen) atoms. The van der Waals surface area contributed by atoms with E-state index < -0.39 is 0 Å². The maximum absolute atomic E-state index is 14.0. The Morgan fingerprint density at radius 3 is 2.51 bits per heavy atom. The van der Waals surface area contributed by atoms with Gasteiger partial charge < -0.3 is 23.5 Å². The Hall–Kier alpha value is -4.04. The van der Waals surface area contributed by atoms with Crippen molar-refractivity contribution in [2.75, 3.05) is 45.4 Å². The van der Waals surface area contributed by atoms with Crippen LogP contribution in [0.5, 0.6) is 11.5 Å². The summed E-state index contributed by atoms with van der Waals surface area (Å²) in [5, 5.41) is 1.17. The van der Waals surface area contributed by atoms with Crippen LogP contribution in [0.3, 0.4) is 0 Å². The van der Waals surface area contributed by atoms with Gasteiger partial charge in [-0.05, 0) is 78.9 Å². The third-order valence-corrected chi connectivity index (χ3v) is 7.68. The van der Waals surface area contributed by atoms with Crippen LogP contribution in [0.2, 0.25) is 0 Å². The number of hydrogen-bond donors (Lipinski definition) is 0. The fourth-order valence-electron chi connectivity index (χ4n) is 5.67. The lowest BCUT2D eigenvalue weighted by Gasteiger charge is -2.26. The molecule has 8 nitrogen and oxygen atoms in total. The first-order chi connectivity index (χ1) is 19.1. The van der Waals surface area contributed by atoms with Crippen molar-refractivity contribution in [1.82, 2.24) is 4.90 Å². The van der Waals surface area contributed by atoms with E-state index in [0.29, 0.717) is 43.4 Å². The topological polar surface area (TPSA) is 78.5 Å². The predicted octanol–water partition coefficient (Wildman–Crippen LogP) is 4.43. The van der Waals surface area contributed by atoms with Crippen LogP contribution in [0.4, 0.5) is 5.82 Å². The SMILES string of the molecule is COc1ccc(C(=O)N(Cc2ccco2)Cc2cc3cc4c(cc3[nH+]c2N2CCOCC2)CCC4)cc1OC. The molecule has 1 aliphatic heterocycles. The molecule has 1 amide bonds. The number of anilines is 1. The van der Waals surface area contributed by atoms with Crippen LogP contribution in [0, 0.1) is 0 Å². The Balaban J connectivity index is 1.41. The van der Waals surface area contributed by atoms with Gasteiger partial charge in [0, 0.05) is 10.9 Å². The summed E-state index contributed by atoms with van der Waals surface area (Å²) in [5.74, 6) is 2.74. The predicted molar refractivity (Wildman–Crippen MR) is 147 cm³/mol. The molecule has 202 valence electrons. The van der Waals surface area contributed by atoms with E-state index in [4.69, 9.17) is 18.6 Å². The number of aryl methyl sites for hydroxylation is 2. The van der Waals surface area contributed by atoms with Gasteiger partial charge in [0.15, 0.2) is 11.5 Å². The fourth-order valence-corrected chi connectivity index (χ4v) is 5.67. The molecule has 0 saturated carbocycles. The Morgan fingerprint density at radius 2 is 1.77 bits per heavy atom. The highest BCUT2D eigenvalue weighted by atomic mass is 16.5. The summed E-state index contributed by atoms with van der Waals surface area (Å²) in [7, 11) is 3.16. The molecule has 0 atom stereocenters. The lowest BCUT2D eigenvalue weighted by molar-refractivity contribution is -0.332. The molecule has 6 rings (SSSR count). The van der Waals surface area contributed by atoms with Crippen molar-refractivity contribution < 1.29 is 28.4 Å². The third-order valence-electron chi connectivity index (χ3n) is 7.68. The molecule has 0 bridgehead atoms. The van der Waals surface area contributed by atoms with E-state index in [9.17, 15) is 4.79 Å². The van der Waals surface area contributed by atoms with Gasteiger partial charge in [-0.3, -0.25) is 9.69 Å². The van der Waals surface area contributed by atoms with E-state index in [0.717, 1.165) is 48.6 Å². The number of fused-ring (bicyclic) bond motifs is 2. The van der Waals surface area contributed by atoms with Crippen molar-refractivity contribution in [3.63, 3.8) is 0 Å². The first-order valence-corrected chi connectivity index (χ1v) is 13.5. The van der Waals surface area contributed by atoms with Crippen molar-refractivity contribution in [2.45, 2.75) is 32.4 Å². The van der Waals surface area contributed by atoms with Crippen LogP contribution in [0.15, 0.2) is 59.2 Å². The van der Waals surface area contributed by atoms with E-state index in [1.165, 1.54) is 22.9 Å². The number of hydrogen-bond acceptors (Lipinski definition) is 6. The molecule has 1 N–H and O–H groups in total. The number of morpholine rings is 1. The van der Waals surface area contributed by atoms with Gasteiger partial charge in [0.05, 0.1) is 52.3 Å². The van der Waals surface area contributed by atoms with Gasteiger partial charge in [-0.25, -0.2) is 4.98 Å². The monoisotopic (exact) mass is 528 g/mol. The summed E-state index contributed by atoms with van der Waals surface area (Å²) in [4.78, 5) is 21.9. The summed E-state index contributed by atoms with van der Waals surface area (Å²) >= 11 is 0. The Bertz CT molecular complexity index is 1480. The maximum Gasteiger partial charge on any atom is 0.280 e. The highest BCUT2D eigenvalue weighted by Crippen LogP contribution is 2.31. The lowest BCUT2D eigenvalue weighted by atomic mass is 10.0. The number of H-pyrrole nitrogens is 1. The average molecular weight is 529 g/mol. The number of carbonyl (C=O) groups excluding carboxylic acids is 1. The Labute approximate surface area is 228 Å². The minimum atomic E-state index is -0.116. The average Bonchev–Trinajstić information content (AvgIpc) is 3.67. The smallest absolute Gasteiger partial charge is 0.280 e. The molecule has 2 aliphatic rings. The molecule has 0 radical (unpaired) electrons. The molecule has 8 heteroatoms. The summed E-state index contributed by atoms with van der Waals surface area (Å²) in [6, 6.07) is 15.9. The van der Waals surface area contributed by atoms with Crippen molar-refractivity contribution in [3.05, 3.63) is 82.8 Å². The summed E-state index contributed by atoms with van der Waals surface area (Å²) < 4.78 is 22.2. The number of furan rings is 1. The van der Waals surface area contributed by atoms with Crippen LogP contribution in [0.25, 0.3) is 10.9 Å². The minimum absolute atomic E-state index is 0.116. The molecule has 1 saturated heterocycles. The molecule has 4 aromatic rings. The number of pyridine rings is 1. The Morgan fingerprint density at radius 1 is 0.974 bits per heavy atom. The number of aromatic nitrogens is 1. The molecular weight excluding hydrogens is 494 g/mol. The number of benzene rings is 2. The summed E-state index contributed by atoms with van der Waals surface area (Å²) in [5.41, 5.74) is 5.57. The summed E-state index contributed by atoms with van der Waals surface area (Å²) in [6.07, 6.45) is 5.09. The van der Waals surface area contributed by atoms with Gasteiger partial charge in [0.25, 0.3) is 11.7 Å². The van der Waals surface area contributed by atoms with E-state index in [1.807, 2.05) is 17.0 Å². The summed E-state index contributed by atoms with van der Waals surface area (Å²) in [6.45, 7) is 3.69. The van der Waals surface area contributed by atoms with Crippen LogP contribution in [-0.2, 0) is 30.7 Å². The molecule has 0 spiro atoms. The van der Waals surface area contributed by atoms with Crippen molar-refractivity contribution in [3.8, 4) is 11.5 Å². The second-order valence-electron chi connectivity index (χ2n) is 10.1. The van der Waals surface area contributed by atoms with Crippen molar-refractivity contribution in [2.24, 2.45) is 0 Å². The van der Waals surface area contributed by atoms with Crippen molar-refractivity contribution in [1.29, 1.82) is 0 Å². The Kier molecular flexibility index (Phi) is 7.11. The molecule has 3 heterocycles. The molecular formula is C31H34N3O5+. The van der Waals surface area contributed by atoms with Crippen molar-refractivity contribution >= 4 is 22.6 Å². The zero-order valence-corrected chi connectivity index (χ0v) is 22.5. The zero-order chi connectivity index (χ0) is 26.8. The molecule has 1 aliphatic carbocycles. The quantitative estimate of drug-likeness (QED) is 0.337. The number of carbonyl (C=O) groups is 1. The lowest BCUT2D eigenvalue weighted by Crippen LogP contribution is -2.41. The van der Waals surface area contributed by atoms with E-state index in [1.54, 1.807) is 38.7 Å². The largest absolute Gasteiger partial charge is 0.493 e. The van der Waals surface area contributed by atoms with E-state index >= 15 is 0 Å². The number of amides is 1. The second-order valence-corrected chi connectivity index (χ2v) is 10.1. The molecule has 0 unspecified atom stereocenters. The zero-order valence-electron chi connectivity index (χ0n) is 22.5. The normalized spacial score (nSPS) is 14.9. The van der Waals surface area contributed by atoms with Gasteiger partial charge in [-0.2, -0.15) is 0 Å². The van der Waals surface area contributed by atoms with Crippen LogP contribution < -0.4 is 19.4 Å². The number of methoxy groups -OCH3 is 2. The van der Waals surface area contributed by atoms with Crippen LogP contribution in [-0.4, -0.2) is 51.3 Å². The number of nitrogens with zero attached hydrogens (tertiary/aromatic N) is 2. The first kappa shape index (κ1) is 25.2. The molecule has 1 fully saturated rings. The number of nitrogens with one attached hydrogen (secondary N) is 1. The van der Waals surface area contributed by atoms with Gasteiger partial charge in [-0.15, -0.1) is 0 Å². The molecule has 2 aromatic heterocycles. The molecule has 2 aromatic carbocycles. The van der Waals surface area contributed by atoms with Crippen LogP contribution >= 0.6 is 0 Å². The first-order valence-electron chi connectivity index (χ1n) is 13.5. The highest BCUT2D eigenvalue weighted by molar-refractivity contribution is 5.95. The van der Waals surface area contributed by atoms with Gasteiger partial charge >= 0.3 is 0 Å². The number of aromatic amines is 1. The van der Waals surface area contributed by atoms with E-state index in [-0.39, 0.29) is 5.91 Å². The standard InChI is InChI=1S/C31H33N3O5/c1-36-28-9-8-23(18-29(28)37-2)31(35)34(20-26-7-4-12-39-26)19-25-16-24-15-21-5-3-6-22(21)17-27(24)32-30(25)33-10-13-38-14-11-33/h4,7-9,12,15-18H,3,5-6,10-11,13-14,19-20H2,1-2H3/p+1. The van der Waals surface area contributed by atoms with E-state index in [2.05, 4.69) is 28.1 Å². The maximum atomic E-state index is 14.0. The van der Waals surface area contributed by atoms with Gasteiger partial charge in [-0.1, -0.05) is 0 Å². The number of rotatable bonds is 8. The van der Waals surface area contributed by atoms with Gasteiger partial charge in [0.1, 0.15) is 24.4 Å². The second kappa shape index (κ2) is 11.0. The third kappa shape index (κ3) is 5.16. The van der Waals surface area contributed by atoms with Crippen LogP contribution in [0.1, 0.15) is 39.2 Å². The number of ether oxygens (including phenoxy) is 3. The fraction of sp³-hybridized carbons (Fsp3) is 0.355. The van der Waals surface area contributed by atoms with Gasteiger partial charge in [0.2, 0.25) is 0 Å². The minimum Gasteiger partial charge on any atom is -0.493 e. The highest BCUT2D eigenvalue weighted by Gasteiger charge is 2.28.